The second kappa shape index (κ2) is 8.71. The Morgan fingerprint density at radius 2 is 1.37 bits per heavy atom. The summed E-state index contributed by atoms with van der Waals surface area (Å²) < 4.78 is 5.14. The first-order valence-corrected chi connectivity index (χ1v) is 9.37. The number of nitrogens with one attached hydrogen (secondary N) is 2. The molecule has 1 saturated carbocycles. The molecule has 0 aliphatic heterocycles. The van der Waals surface area contributed by atoms with Crippen molar-refractivity contribution in [3.63, 3.8) is 0 Å². The zero-order chi connectivity index (χ0) is 19.1. The summed E-state index contributed by atoms with van der Waals surface area (Å²) in [6, 6.07) is 17.8. The molecule has 2 aromatic rings. The third-order valence-corrected chi connectivity index (χ3v) is 5.02. The van der Waals surface area contributed by atoms with Gasteiger partial charge in [-0.2, -0.15) is 0 Å². The Morgan fingerprint density at radius 3 is 1.85 bits per heavy atom. The van der Waals surface area contributed by atoms with Crippen LogP contribution in [0.25, 0.3) is 0 Å². The molecule has 27 heavy (non-hydrogen) atoms. The molecule has 3 rings (SSSR count). The van der Waals surface area contributed by atoms with Crippen molar-refractivity contribution in [2.45, 2.75) is 25.7 Å². The number of amides is 2. The van der Waals surface area contributed by atoms with E-state index in [9.17, 15) is 9.59 Å². The molecule has 5 heteroatoms. The van der Waals surface area contributed by atoms with Crippen molar-refractivity contribution in [2.24, 2.45) is 5.41 Å². The molecule has 142 valence electrons. The van der Waals surface area contributed by atoms with E-state index >= 15 is 0 Å². The zero-order valence-corrected chi connectivity index (χ0v) is 15.7. The van der Waals surface area contributed by atoms with Gasteiger partial charge in [0, 0.05) is 13.1 Å². The van der Waals surface area contributed by atoms with Crippen molar-refractivity contribution in [3.05, 3.63) is 65.7 Å². The number of ether oxygens (including phenoxy) is 1. The number of carbonyl (C=O) groups excluding carboxylic acids is 2. The lowest BCUT2D eigenvalue weighted by Crippen LogP contribution is -2.44. The number of hydrogen-bond donors (Lipinski definition) is 2. The largest absolute Gasteiger partial charge is 0.497 e. The van der Waals surface area contributed by atoms with Crippen LogP contribution in [0.1, 0.15) is 24.0 Å². The SMILES string of the molecule is COc1ccc(CCNC(=O)C2(C(=O)NCCc3ccccc3)CC2)cc1. The fourth-order valence-corrected chi connectivity index (χ4v) is 3.10. The van der Waals surface area contributed by atoms with E-state index in [-0.39, 0.29) is 11.8 Å². The minimum atomic E-state index is -0.864. The summed E-state index contributed by atoms with van der Waals surface area (Å²) >= 11 is 0. The van der Waals surface area contributed by atoms with Crippen LogP contribution in [-0.4, -0.2) is 32.0 Å². The molecule has 0 saturated heterocycles. The Morgan fingerprint density at radius 1 is 0.852 bits per heavy atom. The van der Waals surface area contributed by atoms with Crippen molar-refractivity contribution in [2.75, 3.05) is 20.2 Å². The van der Waals surface area contributed by atoms with Crippen LogP contribution >= 0.6 is 0 Å². The Hall–Kier alpha value is -2.82. The van der Waals surface area contributed by atoms with Gasteiger partial charge in [0.1, 0.15) is 11.2 Å². The number of methoxy groups -OCH3 is 1. The lowest BCUT2D eigenvalue weighted by atomic mass is 10.0. The van der Waals surface area contributed by atoms with E-state index in [1.807, 2.05) is 54.6 Å². The quantitative estimate of drug-likeness (QED) is 0.670. The van der Waals surface area contributed by atoms with Gasteiger partial charge in [0.05, 0.1) is 7.11 Å². The second-order valence-electron chi connectivity index (χ2n) is 6.93. The molecule has 1 aliphatic rings. The summed E-state index contributed by atoms with van der Waals surface area (Å²) in [4.78, 5) is 25.0. The molecule has 0 bridgehead atoms. The third kappa shape index (κ3) is 4.88. The third-order valence-electron chi connectivity index (χ3n) is 5.02. The Labute approximate surface area is 160 Å². The van der Waals surface area contributed by atoms with Crippen LogP contribution in [0.2, 0.25) is 0 Å². The molecule has 0 atom stereocenters. The summed E-state index contributed by atoms with van der Waals surface area (Å²) in [5, 5.41) is 5.84. The van der Waals surface area contributed by atoms with E-state index in [0.717, 1.165) is 24.2 Å². The van der Waals surface area contributed by atoms with E-state index in [1.54, 1.807) is 7.11 Å². The summed E-state index contributed by atoms with van der Waals surface area (Å²) in [6.07, 6.45) is 2.74. The van der Waals surface area contributed by atoms with E-state index in [1.165, 1.54) is 5.56 Å². The molecule has 2 N–H and O–H groups in total. The Balaban J connectivity index is 1.42. The van der Waals surface area contributed by atoms with Gasteiger partial charge < -0.3 is 15.4 Å². The number of rotatable bonds is 9. The fourth-order valence-electron chi connectivity index (χ4n) is 3.10. The average molecular weight is 366 g/mol. The van der Waals surface area contributed by atoms with Gasteiger partial charge in [0.25, 0.3) is 0 Å². The molecule has 0 spiro atoms. The molecular formula is C22H26N2O3. The minimum absolute atomic E-state index is 0.152. The van der Waals surface area contributed by atoms with Crippen molar-refractivity contribution < 1.29 is 14.3 Å². The molecule has 1 aliphatic carbocycles. The summed E-state index contributed by atoms with van der Waals surface area (Å²) in [5.74, 6) is 0.500. The van der Waals surface area contributed by atoms with E-state index < -0.39 is 5.41 Å². The van der Waals surface area contributed by atoms with Crippen LogP contribution in [0.5, 0.6) is 5.75 Å². The highest BCUT2D eigenvalue weighted by atomic mass is 16.5. The predicted octanol–water partition coefficient (Wildman–Crippen LogP) is 2.49. The van der Waals surface area contributed by atoms with Crippen LogP contribution in [0.3, 0.4) is 0 Å². The van der Waals surface area contributed by atoms with Crippen LogP contribution in [-0.2, 0) is 22.4 Å². The maximum atomic E-state index is 12.5. The van der Waals surface area contributed by atoms with Crippen molar-refractivity contribution in [1.29, 1.82) is 0 Å². The smallest absolute Gasteiger partial charge is 0.235 e. The Bertz CT molecular complexity index is 768. The van der Waals surface area contributed by atoms with Crippen LogP contribution in [0.4, 0.5) is 0 Å². The van der Waals surface area contributed by atoms with Gasteiger partial charge in [-0.25, -0.2) is 0 Å². The predicted molar refractivity (Wildman–Crippen MR) is 105 cm³/mol. The molecule has 0 heterocycles. The molecule has 0 aromatic heterocycles. The molecular weight excluding hydrogens is 340 g/mol. The van der Waals surface area contributed by atoms with Crippen LogP contribution < -0.4 is 15.4 Å². The maximum Gasteiger partial charge on any atom is 0.235 e. The highest BCUT2D eigenvalue weighted by Crippen LogP contribution is 2.46. The molecule has 5 nitrogen and oxygen atoms in total. The first kappa shape index (κ1) is 19.0. The van der Waals surface area contributed by atoms with Crippen molar-refractivity contribution >= 4 is 11.8 Å². The van der Waals surface area contributed by atoms with Gasteiger partial charge in [-0.05, 0) is 48.9 Å². The normalized spacial score (nSPS) is 14.3. The van der Waals surface area contributed by atoms with Gasteiger partial charge in [-0.3, -0.25) is 9.59 Å². The van der Waals surface area contributed by atoms with Crippen LogP contribution in [0, 0.1) is 5.41 Å². The minimum Gasteiger partial charge on any atom is -0.497 e. The highest BCUT2D eigenvalue weighted by molar-refractivity contribution is 6.07. The number of carbonyl (C=O) groups is 2. The van der Waals surface area contributed by atoms with Gasteiger partial charge in [-0.1, -0.05) is 42.5 Å². The van der Waals surface area contributed by atoms with Gasteiger partial charge in [0.15, 0.2) is 0 Å². The van der Waals surface area contributed by atoms with Crippen LogP contribution in [0.15, 0.2) is 54.6 Å². The summed E-state index contributed by atoms with van der Waals surface area (Å²) in [5.41, 5.74) is 1.43. The fraction of sp³-hybridized carbons (Fsp3) is 0.364. The van der Waals surface area contributed by atoms with Crippen molar-refractivity contribution in [3.8, 4) is 5.75 Å². The van der Waals surface area contributed by atoms with Gasteiger partial charge in [0.2, 0.25) is 11.8 Å². The summed E-state index contributed by atoms with van der Waals surface area (Å²) in [7, 11) is 1.63. The topological polar surface area (TPSA) is 67.4 Å². The zero-order valence-electron chi connectivity index (χ0n) is 15.7. The van der Waals surface area contributed by atoms with E-state index in [0.29, 0.717) is 25.9 Å². The number of benzene rings is 2. The highest BCUT2D eigenvalue weighted by Gasteiger charge is 2.56. The Kier molecular flexibility index (Phi) is 6.12. The molecule has 2 amide bonds. The molecule has 0 radical (unpaired) electrons. The molecule has 0 unspecified atom stereocenters. The first-order chi connectivity index (χ1) is 13.1. The first-order valence-electron chi connectivity index (χ1n) is 9.37. The molecule has 2 aromatic carbocycles. The molecule has 1 fully saturated rings. The monoisotopic (exact) mass is 366 g/mol. The average Bonchev–Trinajstić information content (AvgIpc) is 3.51. The lowest BCUT2D eigenvalue weighted by Gasteiger charge is -2.15. The van der Waals surface area contributed by atoms with Crippen molar-refractivity contribution in [1.82, 2.24) is 10.6 Å². The summed E-state index contributed by atoms with van der Waals surface area (Å²) in [6.45, 7) is 1.06. The maximum absolute atomic E-state index is 12.5. The van der Waals surface area contributed by atoms with Gasteiger partial charge >= 0.3 is 0 Å². The van der Waals surface area contributed by atoms with Gasteiger partial charge in [-0.15, -0.1) is 0 Å². The standard InChI is InChI=1S/C22H26N2O3/c1-27-19-9-7-18(8-10-19)12-16-24-21(26)22(13-14-22)20(25)23-15-11-17-5-3-2-4-6-17/h2-10H,11-16H2,1H3,(H,23,25)(H,24,26). The number of hydrogen-bond acceptors (Lipinski definition) is 3. The second-order valence-corrected chi connectivity index (χ2v) is 6.93. The van der Waals surface area contributed by atoms with E-state index in [4.69, 9.17) is 4.74 Å². The van der Waals surface area contributed by atoms with E-state index in [2.05, 4.69) is 10.6 Å². The lowest BCUT2D eigenvalue weighted by molar-refractivity contribution is -0.137.